The van der Waals surface area contributed by atoms with Gasteiger partial charge in [-0.05, 0) is 47.6 Å². The molecule has 0 fully saturated rings. The minimum atomic E-state index is -0.993. The van der Waals surface area contributed by atoms with E-state index >= 15 is 0 Å². The summed E-state index contributed by atoms with van der Waals surface area (Å²) >= 11 is 4.99. The molecule has 132 valence electrons. The van der Waals surface area contributed by atoms with Crippen molar-refractivity contribution in [2.45, 2.75) is 0 Å². The zero-order chi connectivity index (χ0) is 18.9. The Morgan fingerprint density at radius 1 is 0.769 bits per heavy atom. The van der Waals surface area contributed by atoms with Gasteiger partial charge in [-0.3, -0.25) is 10.9 Å². The highest BCUT2D eigenvalue weighted by atomic mass is 32.1. The average molecular weight is 370 g/mol. The van der Waals surface area contributed by atoms with Crippen LogP contribution in [-0.2, 0) is 0 Å². The van der Waals surface area contributed by atoms with Crippen molar-refractivity contribution in [1.29, 1.82) is 0 Å². The maximum atomic E-state index is 10.8. The van der Waals surface area contributed by atoms with E-state index in [4.69, 9.17) is 22.4 Å². The lowest BCUT2D eigenvalue weighted by atomic mass is 10.1. The second kappa shape index (κ2) is 9.04. The molecule has 0 amide bonds. The summed E-state index contributed by atoms with van der Waals surface area (Å²) in [4.78, 5) is 21.5. The zero-order valence-corrected chi connectivity index (χ0v) is 14.1. The first-order valence-corrected chi connectivity index (χ1v) is 7.65. The maximum absolute atomic E-state index is 10.8. The summed E-state index contributed by atoms with van der Waals surface area (Å²) in [7, 11) is 0. The molecule has 8 nitrogen and oxygen atoms in total. The van der Waals surface area contributed by atoms with E-state index in [1.165, 1.54) is 36.7 Å². The predicted octanol–water partition coefficient (Wildman–Crippen LogP) is 1.92. The first-order valence-electron chi connectivity index (χ1n) is 7.24. The molecule has 2 aromatic carbocycles. The molecule has 2 rings (SSSR count). The van der Waals surface area contributed by atoms with Crippen molar-refractivity contribution >= 4 is 41.7 Å². The Labute approximate surface area is 153 Å². The van der Waals surface area contributed by atoms with Gasteiger partial charge in [-0.15, -0.1) is 0 Å². The quantitative estimate of drug-likeness (QED) is 0.348. The van der Waals surface area contributed by atoms with Crippen molar-refractivity contribution in [3.05, 3.63) is 70.8 Å². The van der Waals surface area contributed by atoms with Crippen molar-refractivity contribution in [2.24, 2.45) is 10.2 Å². The molecule has 0 atom stereocenters. The van der Waals surface area contributed by atoms with Crippen LogP contribution in [0.2, 0.25) is 0 Å². The Hall–Kier alpha value is -3.59. The number of hydrogen-bond donors (Lipinski definition) is 4. The number of carboxylic acid groups (broad SMARTS) is 2. The number of aromatic carboxylic acids is 2. The zero-order valence-electron chi connectivity index (χ0n) is 13.3. The molecule has 0 saturated carbocycles. The second-order valence-corrected chi connectivity index (χ2v) is 5.33. The Balaban J connectivity index is 1.81. The lowest BCUT2D eigenvalue weighted by Crippen LogP contribution is -2.28. The third-order valence-corrected chi connectivity index (χ3v) is 3.26. The van der Waals surface area contributed by atoms with E-state index in [0.717, 1.165) is 0 Å². The average Bonchev–Trinajstić information content (AvgIpc) is 2.62. The van der Waals surface area contributed by atoms with E-state index in [1.807, 2.05) is 0 Å². The van der Waals surface area contributed by atoms with Gasteiger partial charge in [0, 0.05) is 0 Å². The molecule has 2 aromatic rings. The van der Waals surface area contributed by atoms with Gasteiger partial charge >= 0.3 is 11.9 Å². The van der Waals surface area contributed by atoms with Crippen LogP contribution in [0, 0.1) is 0 Å². The molecule has 0 aromatic heterocycles. The number of thiocarbonyl (C=S) groups is 1. The topological polar surface area (TPSA) is 123 Å². The summed E-state index contributed by atoms with van der Waals surface area (Å²) in [5.41, 5.74) is 6.91. The van der Waals surface area contributed by atoms with Gasteiger partial charge < -0.3 is 10.2 Å². The van der Waals surface area contributed by atoms with Crippen molar-refractivity contribution in [1.82, 2.24) is 10.9 Å². The SMILES string of the molecule is O=C(O)c1ccc(C=NNC(=S)NN=Cc2ccc(C(=O)O)cc2)cc1. The van der Waals surface area contributed by atoms with Gasteiger partial charge in [0.2, 0.25) is 5.11 Å². The second-order valence-electron chi connectivity index (χ2n) is 4.92. The number of benzene rings is 2. The summed E-state index contributed by atoms with van der Waals surface area (Å²) in [6, 6.07) is 12.4. The van der Waals surface area contributed by atoms with Crippen molar-refractivity contribution < 1.29 is 19.8 Å². The first kappa shape index (κ1) is 18.7. The van der Waals surface area contributed by atoms with Crippen LogP contribution in [0.1, 0.15) is 31.8 Å². The van der Waals surface area contributed by atoms with Crippen LogP contribution in [0.5, 0.6) is 0 Å². The summed E-state index contributed by atoms with van der Waals surface area (Å²) in [6.07, 6.45) is 2.96. The molecule has 0 aliphatic carbocycles. The monoisotopic (exact) mass is 370 g/mol. The molecule has 0 spiro atoms. The van der Waals surface area contributed by atoms with E-state index in [2.05, 4.69) is 21.1 Å². The minimum absolute atomic E-state index is 0.154. The lowest BCUT2D eigenvalue weighted by Gasteiger charge is -2.01. The Bertz CT molecular complexity index is 790. The number of hydrogen-bond acceptors (Lipinski definition) is 5. The van der Waals surface area contributed by atoms with E-state index in [-0.39, 0.29) is 16.2 Å². The molecular weight excluding hydrogens is 356 g/mol. The lowest BCUT2D eigenvalue weighted by molar-refractivity contribution is 0.0686. The van der Waals surface area contributed by atoms with Gasteiger partial charge in [0.15, 0.2) is 0 Å². The number of nitrogens with zero attached hydrogens (tertiary/aromatic N) is 2. The molecule has 9 heteroatoms. The van der Waals surface area contributed by atoms with Gasteiger partial charge in [0.25, 0.3) is 0 Å². The summed E-state index contributed by atoms with van der Waals surface area (Å²) in [5.74, 6) is -1.99. The largest absolute Gasteiger partial charge is 0.478 e. The maximum Gasteiger partial charge on any atom is 0.335 e. The number of carbonyl (C=O) groups is 2. The predicted molar refractivity (Wildman–Crippen MR) is 101 cm³/mol. The van der Waals surface area contributed by atoms with E-state index < -0.39 is 11.9 Å². The summed E-state index contributed by atoms with van der Waals surface area (Å²) in [5, 5.41) is 25.6. The van der Waals surface area contributed by atoms with Crippen LogP contribution in [0.15, 0.2) is 58.7 Å². The molecule has 0 heterocycles. The normalized spacial score (nSPS) is 10.8. The Morgan fingerprint density at radius 3 is 1.42 bits per heavy atom. The molecule has 0 radical (unpaired) electrons. The standard InChI is InChI=1S/C17H14N4O4S/c22-15(23)13-5-1-11(2-6-13)9-18-20-17(26)21-19-10-12-3-7-14(8-4-12)16(24)25/h1-10H,(H,22,23)(H,24,25)(H2,20,21,26). The fraction of sp³-hybridized carbons (Fsp3) is 0. The third-order valence-electron chi connectivity index (χ3n) is 3.07. The van der Waals surface area contributed by atoms with Gasteiger partial charge in [0.05, 0.1) is 23.6 Å². The van der Waals surface area contributed by atoms with Gasteiger partial charge in [0.1, 0.15) is 0 Å². The highest BCUT2D eigenvalue weighted by Gasteiger charge is 2.01. The van der Waals surface area contributed by atoms with Gasteiger partial charge in [-0.2, -0.15) is 10.2 Å². The Kier molecular flexibility index (Phi) is 6.52. The fourth-order valence-electron chi connectivity index (χ4n) is 1.78. The molecule has 4 N–H and O–H groups in total. The highest BCUT2D eigenvalue weighted by Crippen LogP contribution is 2.03. The third kappa shape index (κ3) is 5.80. The number of rotatable bonds is 6. The molecule has 0 aliphatic heterocycles. The van der Waals surface area contributed by atoms with Gasteiger partial charge in [-0.25, -0.2) is 9.59 Å². The smallest absolute Gasteiger partial charge is 0.335 e. The van der Waals surface area contributed by atoms with Crippen molar-refractivity contribution in [3.8, 4) is 0 Å². The number of carboxylic acids is 2. The van der Waals surface area contributed by atoms with Crippen LogP contribution >= 0.6 is 12.2 Å². The number of hydrazone groups is 2. The van der Waals surface area contributed by atoms with E-state index in [9.17, 15) is 9.59 Å². The molecule has 26 heavy (non-hydrogen) atoms. The van der Waals surface area contributed by atoms with Crippen LogP contribution in [0.4, 0.5) is 0 Å². The summed E-state index contributed by atoms with van der Waals surface area (Å²) in [6.45, 7) is 0. The molecule has 0 aliphatic rings. The number of nitrogens with one attached hydrogen (secondary N) is 2. The minimum Gasteiger partial charge on any atom is -0.478 e. The Morgan fingerprint density at radius 2 is 1.12 bits per heavy atom. The highest BCUT2D eigenvalue weighted by molar-refractivity contribution is 7.80. The molecule has 0 unspecified atom stereocenters. The molecular formula is C17H14N4O4S. The van der Waals surface area contributed by atoms with Crippen LogP contribution < -0.4 is 10.9 Å². The molecule has 0 bridgehead atoms. The first-order chi connectivity index (χ1) is 12.5. The van der Waals surface area contributed by atoms with Crippen molar-refractivity contribution in [2.75, 3.05) is 0 Å². The van der Waals surface area contributed by atoms with E-state index in [0.29, 0.717) is 11.1 Å². The summed E-state index contributed by atoms with van der Waals surface area (Å²) < 4.78 is 0. The molecule has 0 saturated heterocycles. The van der Waals surface area contributed by atoms with Crippen LogP contribution in [0.25, 0.3) is 0 Å². The van der Waals surface area contributed by atoms with Crippen molar-refractivity contribution in [3.63, 3.8) is 0 Å². The van der Waals surface area contributed by atoms with E-state index in [1.54, 1.807) is 24.3 Å². The van der Waals surface area contributed by atoms with Gasteiger partial charge in [-0.1, -0.05) is 24.3 Å². The fourth-order valence-corrected chi connectivity index (χ4v) is 1.88. The van der Waals surface area contributed by atoms with Crippen LogP contribution in [0.3, 0.4) is 0 Å². The van der Waals surface area contributed by atoms with Crippen LogP contribution in [-0.4, -0.2) is 39.7 Å².